The lowest BCUT2D eigenvalue weighted by Gasteiger charge is -2.06. The van der Waals surface area contributed by atoms with Gasteiger partial charge >= 0.3 is 0 Å². The van der Waals surface area contributed by atoms with Gasteiger partial charge in [0.05, 0.1) is 5.69 Å². The van der Waals surface area contributed by atoms with E-state index in [1.54, 1.807) is 16.8 Å². The number of aromatic nitrogens is 3. The number of aryl methyl sites for hydroxylation is 1. The van der Waals surface area contributed by atoms with E-state index in [9.17, 15) is 4.39 Å². The van der Waals surface area contributed by atoms with E-state index in [0.717, 1.165) is 22.5 Å². The maximum absolute atomic E-state index is 13.2. The summed E-state index contributed by atoms with van der Waals surface area (Å²) in [7, 11) is 1.81. The normalized spacial score (nSPS) is 10.6. The average molecular weight is 377 g/mol. The SMILES string of the molecule is Cn1nc(C#N)cc1Cc1csnc1-c1ccc(F)cc1Br. The van der Waals surface area contributed by atoms with Crippen molar-refractivity contribution in [1.29, 1.82) is 5.26 Å². The van der Waals surface area contributed by atoms with Gasteiger partial charge in [-0.3, -0.25) is 4.68 Å². The Kier molecular flexibility index (Phi) is 4.05. The minimum Gasteiger partial charge on any atom is -0.271 e. The second-order valence-electron chi connectivity index (χ2n) is 4.75. The highest BCUT2D eigenvalue weighted by Crippen LogP contribution is 2.32. The Morgan fingerprint density at radius 2 is 2.23 bits per heavy atom. The molecule has 0 bridgehead atoms. The highest BCUT2D eigenvalue weighted by Gasteiger charge is 2.15. The molecule has 7 heteroatoms. The van der Waals surface area contributed by atoms with E-state index < -0.39 is 0 Å². The van der Waals surface area contributed by atoms with Crippen LogP contribution in [-0.2, 0) is 13.5 Å². The quantitative estimate of drug-likeness (QED) is 0.696. The molecule has 3 aromatic rings. The van der Waals surface area contributed by atoms with Crippen LogP contribution in [0.25, 0.3) is 11.3 Å². The van der Waals surface area contributed by atoms with Crippen molar-refractivity contribution in [3.63, 3.8) is 0 Å². The molecule has 0 aliphatic rings. The van der Waals surface area contributed by atoms with E-state index in [1.165, 1.54) is 23.7 Å². The molecule has 0 spiro atoms. The Morgan fingerprint density at radius 1 is 1.41 bits per heavy atom. The summed E-state index contributed by atoms with van der Waals surface area (Å²) < 4.78 is 20.0. The molecule has 2 aromatic heterocycles. The van der Waals surface area contributed by atoms with Crippen molar-refractivity contribution in [3.8, 4) is 17.3 Å². The first-order chi connectivity index (χ1) is 10.6. The van der Waals surface area contributed by atoms with Gasteiger partial charge in [0.2, 0.25) is 0 Å². The molecule has 0 fully saturated rings. The molecular weight excluding hydrogens is 367 g/mol. The topological polar surface area (TPSA) is 54.5 Å². The van der Waals surface area contributed by atoms with Crippen molar-refractivity contribution in [2.75, 3.05) is 0 Å². The molecule has 2 heterocycles. The van der Waals surface area contributed by atoms with Crippen molar-refractivity contribution in [1.82, 2.24) is 14.2 Å². The van der Waals surface area contributed by atoms with Crippen LogP contribution in [0, 0.1) is 17.1 Å². The van der Waals surface area contributed by atoms with Gasteiger partial charge in [-0.1, -0.05) is 0 Å². The van der Waals surface area contributed by atoms with Gasteiger partial charge in [0, 0.05) is 34.6 Å². The summed E-state index contributed by atoms with van der Waals surface area (Å²) in [5.74, 6) is -0.294. The molecule has 0 radical (unpaired) electrons. The fourth-order valence-corrected chi connectivity index (χ4v) is 3.44. The van der Waals surface area contributed by atoms with Gasteiger partial charge in [-0.25, -0.2) is 4.39 Å². The third-order valence-corrected chi connectivity index (χ3v) is 4.63. The van der Waals surface area contributed by atoms with Crippen molar-refractivity contribution in [2.45, 2.75) is 6.42 Å². The van der Waals surface area contributed by atoms with Gasteiger partial charge in [0.1, 0.15) is 11.9 Å². The van der Waals surface area contributed by atoms with Crippen LogP contribution in [0.3, 0.4) is 0 Å². The van der Waals surface area contributed by atoms with Crippen LogP contribution in [0.5, 0.6) is 0 Å². The van der Waals surface area contributed by atoms with Crippen molar-refractivity contribution in [3.05, 3.63) is 56.9 Å². The molecule has 4 nitrogen and oxygen atoms in total. The largest absolute Gasteiger partial charge is 0.271 e. The van der Waals surface area contributed by atoms with E-state index in [2.05, 4.69) is 25.4 Å². The van der Waals surface area contributed by atoms with Crippen molar-refractivity contribution in [2.24, 2.45) is 7.05 Å². The van der Waals surface area contributed by atoms with E-state index >= 15 is 0 Å². The molecule has 0 N–H and O–H groups in total. The van der Waals surface area contributed by atoms with Gasteiger partial charge in [-0.05, 0) is 57.3 Å². The van der Waals surface area contributed by atoms with Gasteiger partial charge in [-0.2, -0.15) is 14.7 Å². The predicted molar refractivity (Wildman–Crippen MR) is 85.9 cm³/mol. The summed E-state index contributed by atoms with van der Waals surface area (Å²) >= 11 is 4.73. The lowest BCUT2D eigenvalue weighted by molar-refractivity contribution is 0.627. The molecule has 22 heavy (non-hydrogen) atoms. The summed E-state index contributed by atoms with van der Waals surface area (Å²) in [4.78, 5) is 0. The van der Waals surface area contributed by atoms with Crippen LogP contribution in [0.15, 0.2) is 34.1 Å². The van der Waals surface area contributed by atoms with Crippen LogP contribution in [0.4, 0.5) is 4.39 Å². The van der Waals surface area contributed by atoms with E-state index in [-0.39, 0.29) is 5.82 Å². The number of halogens is 2. The fourth-order valence-electron chi connectivity index (χ4n) is 2.21. The maximum Gasteiger partial charge on any atom is 0.162 e. The second-order valence-corrected chi connectivity index (χ2v) is 6.23. The number of rotatable bonds is 3. The Morgan fingerprint density at radius 3 is 2.91 bits per heavy atom. The molecule has 0 amide bonds. The van der Waals surface area contributed by atoms with Crippen LogP contribution in [0.2, 0.25) is 0 Å². The molecular formula is C15H10BrFN4S. The van der Waals surface area contributed by atoms with Crippen molar-refractivity contribution < 1.29 is 4.39 Å². The third kappa shape index (κ3) is 2.80. The van der Waals surface area contributed by atoms with Crippen LogP contribution >= 0.6 is 27.5 Å². The number of hydrogen-bond donors (Lipinski definition) is 0. The monoisotopic (exact) mass is 376 g/mol. The van der Waals surface area contributed by atoms with Gasteiger partial charge in [0.15, 0.2) is 5.69 Å². The first-order valence-electron chi connectivity index (χ1n) is 6.40. The molecule has 1 aromatic carbocycles. The Bertz CT molecular complexity index is 878. The summed E-state index contributed by atoms with van der Waals surface area (Å²) in [6.45, 7) is 0. The average Bonchev–Trinajstić information content (AvgIpc) is 3.07. The third-order valence-electron chi connectivity index (χ3n) is 3.29. The molecule has 110 valence electrons. The standard InChI is InChI=1S/C15H10BrFN4S/c1-21-12(6-11(7-18)19-21)4-9-8-22-20-15(9)13-3-2-10(17)5-14(13)16/h2-3,5-6,8H,4H2,1H3. The highest BCUT2D eigenvalue weighted by molar-refractivity contribution is 9.10. The van der Waals surface area contributed by atoms with Gasteiger partial charge < -0.3 is 0 Å². The first kappa shape index (κ1) is 14.9. The zero-order valence-corrected chi connectivity index (χ0v) is 13.9. The lowest BCUT2D eigenvalue weighted by atomic mass is 10.0. The van der Waals surface area contributed by atoms with Gasteiger partial charge in [-0.15, -0.1) is 0 Å². The molecule has 0 saturated heterocycles. The van der Waals surface area contributed by atoms with Crippen LogP contribution in [-0.4, -0.2) is 14.2 Å². The molecule has 0 unspecified atom stereocenters. The summed E-state index contributed by atoms with van der Waals surface area (Å²) in [5, 5.41) is 15.0. The Balaban J connectivity index is 1.99. The lowest BCUT2D eigenvalue weighted by Crippen LogP contribution is -1.99. The Labute approximate surface area is 139 Å². The number of nitrogens with zero attached hydrogens (tertiary/aromatic N) is 4. The second kappa shape index (κ2) is 5.99. The van der Waals surface area contributed by atoms with E-state index in [4.69, 9.17) is 5.26 Å². The number of benzene rings is 1. The van der Waals surface area contributed by atoms with Crippen molar-refractivity contribution >= 4 is 27.5 Å². The summed E-state index contributed by atoms with van der Waals surface area (Å²) in [6.07, 6.45) is 0.612. The summed E-state index contributed by atoms with van der Waals surface area (Å²) in [5.41, 5.74) is 4.00. The smallest absolute Gasteiger partial charge is 0.162 e. The van der Waals surface area contributed by atoms with E-state index in [0.29, 0.717) is 16.6 Å². The van der Waals surface area contributed by atoms with E-state index in [1.807, 2.05) is 18.5 Å². The predicted octanol–water partition coefficient (Wildman–Crippen LogP) is 3.91. The molecule has 3 rings (SSSR count). The number of hydrogen-bond acceptors (Lipinski definition) is 4. The maximum atomic E-state index is 13.2. The summed E-state index contributed by atoms with van der Waals surface area (Å²) in [6, 6.07) is 8.36. The molecule has 0 atom stereocenters. The zero-order valence-electron chi connectivity index (χ0n) is 11.5. The fraction of sp³-hybridized carbons (Fsp3) is 0.133. The highest BCUT2D eigenvalue weighted by atomic mass is 79.9. The van der Waals surface area contributed by atoms with Crippen LogP contribution < -0.4 is 0 Å². The Hall–Kier alpha value is -2.04. The minimum absolute atomic E-state index is 0.294. The van der Waals surface area contributed by atoms with Gasteiger partial charge in [0.25, 0.3) is 0 Å². The molecule has 0 aliphatic carbocycles. The van der Waals surface area contributed by atoms with Crippen LogP contribution in [0.1, 0.15) is 17.0 Å². The minimum atomic E-state index is -0.294. The molecule has 0 aliphatic heterocycles. The zero-order chi connectivity index (χ0) is 15.7. The first-order valence-corrected chi connectivity index (χ1v) is 8.03. The number of nitriles is 1. The molecule has 0 saturated carbocycles.